The van der Waals surface area contributed by atoms with E-state index in [1.54, 1.807) is 24.3 Å². The number of ketones is 1. The third kappa shape index (κ3) is 3.77. The van der Waals surface area contributed by atoms with Crippen LogP contribution in [0.4, 0.5) is 10.1 Å². The molecule has 30 heavy (non-hydrogen) atoms. The van der Waals surface area contributed by atoms with Crippen molar-refractivity contribution < 1.29 is 17.6 Å². The van der Waals surface area contributed by atoms with E-state index < -0.39 is 21.6 Å². The number of halogens is 2. The molecule has 0 saturated carbocycles. The maximum absolute atomic E-state index is 13.8. The minimum Gasteiger partial charge on any atom is -0.324 e. The average molecular weight is 445 g/mol. The van der Waals surface area contributed by atoms with E-state index in [9.17, 15) is 17.6 Å². The van der Waals surface area contributed by atoms with Crippen molar-refractivity contribution in [1.29, 1.82) is 0 Å². The molecule has 0 unspecified atom stereocenters. The van der Waals surface area contributed by atoms with Gasteiger partial charge < -0.3 is 5.32 Å². The summed E-state index contributed by atoms with van der Waals surface area (Å²) in [7, 11) is -4.00. The first kappa shape index (κ1) is 20.0. The fourth-order valence-corrected chi connectivity index (χ4v) is 4.34. The third-order valence-electron chi connectivity index (χ3n) is 4.37. The Bertz CT molecular complexity index is 1290. The summed E-state index contributed by atoms with van der Waals surface area (Å²) in [6.45, 7) is -0.201. The number of fused-ring (bicyclic) bond motifs is 1. The molecule has 1 aliphatic rings. The molecular weight excluding hydrogens is 431 g/mol. The summed E-state index contributed by atoms with van der Waals surface area (Å²) in [5.74, 6) is -1.15. The van der Waals surface area contributed by atoms with Gasteiger partial charge in [0.1, 0.15) is 10.7 Å². The first-order valence-electron chi connectivity index (χ1n) is 8.73. The summed E-state index contributed by atoms with van der Waals surface area (Å²) in [5, 5.41) is 3.07. The van der Waals surface area contributed by atoms with Gasteiger partial charge in [0.25, 0.3) is 10.0 Å². The second-order valence-corrected chi connectivity index (χ2v) is 8.37. The molecule has 152 valence electrons. The maximum Gasteiger partial charge on any atom is 0.266 e. The Morgan fingerprint density at radius 3 is 2.60 bits per heavy atom. The quantitative estimate of drug-likeness (QED) is 0.601. The van der Waals surface area contributed by atoms with E-state index >= 15 is 0 Å². The van der Waals surface area contributed by atoms with Crippen molar-refractivity contribution in [3.63, 3.8) is 0 Å². The molecule has 0 fully saturated rings. The van der Waals surface area contributed by atoms with Crippen LogP contribution in [0.3, 0.4) is 0 Å². The SMILES string of the molecule is O=C(c1ccccc1Cl)c1cccc2c1NC(=NCc1ncccc1F)NS2(=O)=O. The molecule has 1 aromatic heterocycles. The number of sulfonamides is 1. The summed E-state index contributed by atoms with van der Waals surface area (Å²) in [4.78, 5) is 20.9. The number of pyridine rings is 1. The lowest BCUT2D eigenvalue weighted by atomic mass is 10.0. The molecule has 1 aliphatic heterocycles. The number of carbonyl (C=O) groups excluding carboxylic acids is 1. The van der Waals surface area contributed by atoms with Gasteiger partial charge in [0, 0.05) is 17.3 Å². The maximum atomic E-state index is 13.8. The highest BCUT2D eigenvalue weighted by Crippen LogP contribution is 2.31. The van der Waals surface area contributed by atoms with Crippen molar-refractivity contribution in [2.75, 3.05) is 5.32 Å². The van der Waals surface area contributed by atoms with Crippen LogP contribution in [-0.4, -0.2) is 25.1 Å². The lowest BCUT2D eigenvalue weighted by molar-refractivity contribution is 0.103. The van der Waals surface area contributed by atoms with Gasteiger partial charge in [0.2, 0.25) is 5.96 Å². The average Bonchev–Trinajstić information content (AvgIpc) is 2.72. The van der Waals surface area contributed by atoms with Gasteiger partial charge in [-0.2, -0.15) is 0 Å². The molecule has 0 radical (unpaired) electrons. The van der Waals surface area contributed by atoms with Gasteiger partial charge in [-0.15, -0.1) is 0 Å². The number of nitrogens with one attached hydrogen (secondary N) is 2. The van der Waals surface area contributed by atoms with Crippen molar-refractivity contribution in [3.8, 4) is 0 Å². The van der Waals surface area contributed by atoms with E-state index in [1.807, 2.05) is 0 Å². The van der Waals surface area contributed by atoms with Gasteiger partial charge in [0.15, 0.2) is 5.78 Å². The molecule has 4 rings (SSSR count). The first-order valence-corrected chi connectivity index (χ1v) is 10.6. The number of benzene rings is 2. The predicted octanol–water partition coefficient (Wildman–Crippen LogP) is 3.37. The van der Waals surface area contributed by atoms with Gasteiger partial charge in [-0.1, -0.05) is 29.8 Å². The van der Waals surface area contributed by atoms with Crippen molar-refractivity contribution >= 4 is 39.1 Å². The zero-order chi connectivity index (χ0) is 21.3. The van der Waals surface area contributed by atoms with Crippen LogP contribution in [0.25, 0.3) is 0 Å². The highest BCUT2D eigenvalue weighted by Gasteiger charge is 2.30. The van der Waals surface area contributed by atoms with E-state index in [-0.39, 0.29) is 44.9 Å². The summed E-state index contributed by atoms with van der Waals surface area (Å²) in [5.41, 5.74) is 0.473. The molecule has 0 spiro atoms. The number of para-hydroxylation sites is 1. The lowest BCUT2D eigenvalue weighted by Gasteiger charge is -2.23. The van der Waals surface area contributed by atoms with E-state index in [0.717, 1.165) is 0 Å². The Morgan fingerprint density at radius 2 is 1.83 bits per heavy atom. The molecule has 0 amide bonds. The normalized spacial score (nSPS) is 15.7. The Balaban J connectivity index is 1.75. The van der Waals surface area contributed by atoms with Crippen LogP contribution in [0.5, 0.6) is 0 Å². The standard InChI is InChI=1S/C20H14ClFN4O3S/c21-14-7-2-1-5-12(14)19(27)13-6-3-9-17-18(13)25-20(26-30(17,28)29)24-11-16-15(22)8-4-10-23-16/h1-10H,11H2,(H2,24,25,26). The Morgan fingerprint density at radius 1 is 1.07 bits per heavy atom. The number of anilines is 1. The fraction of sp³-hybridized carbons (Fsp3) is 0.0500. The smallest absolute Gasteiger partial charge is 0.266 e. The number of hydrogen-bond acceptors (Lipinski definition) is 5. The largest absolute Gasteiger partial charge is 0.324 e. The Labute approximate surface area is 176 Å². The summed E-state index contributed by atoms with van der Waals surface area (Å²) in [6, 6.07) is 13.5. The second kappa shape index (κ2) is 7.85. The van der Waals surface area contributed by atoms with Gasteiger partial charge in [-0.3, -0.25) is 9.78 Å². The number of rotatable bonds is 4. The van der Waals surface area contributed by atoms with E-state index in [4.69, 9.17) is 11.6 Å². The second-order valence-electron chi connectivity index (χ2n) is 6.31. The van der Waals surface area contributed by atoms with E-state index in [1.165, 1.54) is 36.5 Å². The van der Waals surface area contributed by atoms with Crippen molar-refractivity contribution in [2.45, 2.75) is 11.4 Å². The van der Waals surface area contributed by atoms with Gasteiger partial charge in [-0.25, -0.2) is 22.5 Å². The Kier molecular flexibility index (Phi) is 5.23. The summed E-state index contributed by atoms with van der Waals surface area (Å²) < 4.78 is 41.4. The topological polar surface area (TPSA) is 101 Å². The molecule has 0 aliphatic carbocycles. The molecule has 3 aromatic rings. The van der Waals surface area contributed by atoms with Crippen LogP contribution in [-0.2, 0) is 16.6 Å². The van der Waals surface area contributed by atoms with Crippen molar-refractivity contribution in [2.24, 2.45) is 4.99 Å². The molecule has 2 aromatic carbocycles. The number of hydrogen-bond donors (Lipinski definition) is 2. The number of nitrogens with zero attached hydrogens (tertiary/aromatic N) is 2. The van der Waals surface area contributed by atoms with Crippen molar-refractivity contribution in [1.82, 2.24) is 9.71 Å². The molecule has 0 atom stereocenters. The predicted molar refractivity (Wildman–Crippen MR) is 111 cm³/mol. The minimum absolute atomic E-state index is 0.0530. The highest BCUT2D eigenvalue weighted by atomic mass is 35.5. The molecule has 0 saturated heterocycles. The van der Waals surface area contributed by atoms with Crippen LogP contribution < -0.4 is 10.0 Å². The van der Waals surface area contributed by atoms with Gasteiger partial charge in [-0.05, 0) is 36.4 Å². The van der Waals surface area contributed by atoms with Gasteiger partial charge in [0.05, 0.1) is 22.9 Å². The number of aliphatic imine (C=N–C) groups is 1. The lowest BCUT2D eigenvalue weighted by Crippen LogP contribution is -2.41. The molecule has 2 heterocycles. The van der Waals surface area contributed by atoms with E-state index in [2.05, 4.69) is 20.0 Å². The molecule has 10 heteroatoms. The number of carbonyl (C=O) groups is 1. The van der Waals surface area contributed by atoms with Gasteiger partial charge >= 0.3 is 0 Å². The zero-order valence-electron chi connectivity index (χ0n) is 15.3. The monoisotopic (exact) mass is 444 g/mol. The number of aromatic nitrogens is 1. The fourth-order valence-electron chi connectivity index (χ4n) is 2.95. The zero-order valence-corrected chi connectivity index (χ0v) is 16.8. The first-order chi connectivity index (χ1) is 14.4. The molecule has 0 bridgehead atoms. The van der Waals surface area contributed by atoms with Crippen LogP contribution in [0.15, 0.2) is 70.7 Å². The van der Waals surface area contributed by atoms with Crippen molar-refractivity contribution in [3.05, 3.63) is 88.5 Å². The van der Waals surface area contributed by atoms with Crippen LogP contribution in [0.1, 0.15) is 21.6 Å². The summed E-state index contributed by atoms with van der Waals surface area (Å²) in [6.07, 6.45) is 1.41. The van der Waals surface area contributed by atoms with Crippen LogP contribution in [0.2, 0.25) is 5.02 Å². The molecule has 2 N–H and O–H groups in total. The highest BCUT2D eigenvalue weighted by molar-refractivity contribution is 7.90. The molecule has 7 nitrogen and oxygen atoms in total. The third-order valence-corrected chi connectivity index (χ3v) is 6.09. The number of guanidine groups is 1. The Hall–Kier alpha value is -3.30. The molecular formula is C20H14ClFN4O3S. The minimum atomic E-state index is -4.00. The van der Waals surface area contributed by atoms with Crippen LogP contribution in [0, 0.1) is 5.82 Å². The summed E-state index contributed by atoms with van der Waals surface area (Å²) >= 11 is 6.13. The van der Waals surface area contributed by atoms with Crippen LogP contribution >= 0.6 is 11.6 Å². The van der Waals surface area contributed by atoms with E-state index in [0.29, 0.717) is 0 Å².